The summed E-state index contributed by atoms with van der Waals surface area (Å²) in [5.74, 6) is -0.889. The van der Waals surface area contributed by atoms with Gasteiger partial charge in [-0.2, -0.15) is 0 Å². The molecule has 1 amide bonds. The zero-order valence-electron chi connectivity index (χ0n) is 10.5. The molecule has 3 nitrogen and oxygen atoms in total. The minimum Gasteiger partial charge on any atom is -0.397 e. The van der Waals surface area contributed by atoms with E-state index in [1.165, 1.54) is 6.07 Å². The number of hydrogen-bond acceptors (Lipinski definition) is 2. The van der Waals surface area contributed by atoms with Gasteiger partial charge in [0.05, 0.1) is 20.7 Å². The Morgan fingerprint density at radius 2 is 2.10 bits per heavy atom. The van der Waals surface area contributed by atoms with Crippen LogP contribution < -0.4 is 11.1 Å². The molecule has 0 aliphatic carbocycles. The van der Waals surface area contributed by atoms with E-state index in [-0.39, 0.29) is 11.3 Å². The molecule has 3 N–H and O–H groups in total. The first kappa shape index (κ1) is 14.8. The molecule has 104 valence electrons. The van der Waals surface area contributed by atoms with Crippen molar-refractivity contribution >= 4 is 44.8 Å². The number of carbonyl (C=O) groups excluding carboxylic acids is 1. The Labute approximate surface area is 129 Å². The lowest BCUT2D eigenvalue weighted by atomic mass is 10.1. The first-order chi connectivity index (χ1) is 9.40. The summed E-state index contributed by atoms with van der Waals surface area (Å²) < 4.78 is 13.9. The van der Waals surface area contributed by atoms with Crippen molar-refractivity contribution in [1.29, 1.82) is 0 Å². The van der Waals surface area contributed by atoms with Gasteiger partial charge >= 0.3 is 0 Å². The highest BCUT2D eigenvalue weighted by Crippen LogP contribution is 2.26. The number of halogens is 3. The molecule has 0 atom stereocenters. The van der Waals surface area contributed by atoms with E-state index in [1.807, 2.05) is 0 Å². The number of hydrogen-bond donors (Lipinski definition) is 2. The zero-order valence-corrected chi connectivity index (χ0v) is 12.8. The molecule has 0 saturated heterocycles. The Morgan fingerprint density at radius 1 is 1.40 bits per heavy atom. The lowest BCUT2D eigenvalue weighted by molar-refractivity contribution is 0.102. The molecule has 0 unspecified atom stereocenters. The Balaban J connectivity index is 2.33. The Morgan fingerprint density at radius 3 is 2.80 bits per heavy atom. The molecule has 6 heteroatoms. The Hall–Kier alpha value is -1.59. The molecule has 0 aliphatic rings. The number of benzene rings is 2. The number of nitrogens with two attached hydrogens (primary N) is 1. The van der Waals surface area contributed by atoms with E-state index in [1.54, 1.807) is 31.2 Å². The van der Waals surface area contributed by atoms with E-state index >= 15 is 0 Å². The van der Waals surface area contributed by atoms with E-state index in [0.29, 0.717) is 15.2 Å². The van der Waals surface area contributed by atoms with E-state index < -0.39 is 11.7 Å². The van der Waals surface area contributed by atoms with Gasteiger partial charge in [-0.05, 0) is 52.7 Å². The zero-order chi connectivity index (χ0) is 14.9. The van der Waals surface area contributed by atoms with Gasteiger partial charge in [-0.15, -0.1) is 0 Å². The molecule has 0 heterocycles. The number of anilines is 2. The molecule has 0 saturated carbocycles. The van der Waals surface area contributed by atoms with Gasteiger partial charge in [0.15, 0.2) is 0 Å². The topological polar surface area (TPSA) is 55.1 Å². The third-order valence-corrected chi connectivity index (χ3v) is 3.75. The molecule has 20 heavy (non-hydrogen) atoms. The fraction of sp³-hybridized carbons (Fsp3) is 0.0714. The number of nitrogens with one attached hydrogen (secondary N) is 1. The van der Waals surface area contributed by atoms with Crippen molar-refractivity contribution in [2.75, 3.05) is 11.1 Å². The van der Waals surface area contributed by atoms with Crippen molar-refractivity contribution in [3.63, 3.8) is 0 Å². The van der Waals surface area contributed by atoms with Gasteiger partial charge in [0.25, 0.3) is 5.91 Å². The number of nitrogen functional groups attached to an aromatic ring is 1. The molecular formula is C14H11BrClFN2O. The summed E-state index contributed by atoms with van der Waals surface area (Å²) >= 11 is 8.95. The SMILES string of the molecule is Cc1cc(Br)c(F)cc1NC(=O)c1cccc(Cl)c1N. The predicted molar refractivity (Wildman–Crippen MR) is 82.7 cm³/mol. The van der Waals surface area contributed by atoms with Gasteiger partial charge in [0.2, 0.25) is 0 Å². The monoisotopic (exact) mass is 356 g/mol. The van der Waals surface area contributed by atoms with Crippen LogP contribution in [-0.2, 0) is 0 Å². The summed E-state index contributed by atoms with van der Waals surface area (Å²) in [6.07, 6.45) is 0. The van der Waals surface area contributed by atoms with E-state index in [4.69, 9.17) is 17.3 Å². The van der Waals surface area contributed by atoms with E-state index in [2.05, 4.69) is 21.2 Å². The van der Waals surface area contributed by atoms with Crippen LogP contribution in [0.15, 0.2) is 34.8 Å². The van der Waals surface area contributed by atoms with Gasteiger partial charge in [-0.25, -0.2) is 4.39 Å². The highest BCUT2D eigenvalue weighted by atomic mass is 79.9. The second-order valence-electron chi connectivity index (χ2n) is 4.24. The van der Waals surface area contributed by atoms with Gasteiger partial charge in [-0.3, -0.25) is 4.79 Å². The summed E-state index contributed by atoms with van der Waals surface area (Å²) in [7, 11) is 0. The van der Waals surface area contributed by atoms with Crippen LogP contribution in [0.2, 0.25) is 5.02 Å². The van der Waals surface area contributed by atoms with E-state index in [0.717, 1.165) is 5.56 Å². The quantitative estimate of drug-likeness (QED) is 0.783. The molecular weight excluding hydrogens is 347 g/mol. The second kappa shape index (κ2) is 5.81. The highest BCUT2D eigenvalue weighted by molar-refractivity contribution is 9.10. The minimum absolute atomic E-state index is 0.196. The molecule has 0 fully saturated rings. The molecule has 2 aromatic carbocycles. The van der Waals surface area contributed by atoms with Gasteiger partial charge in [0, 0.05) is 5.69 Å². The van der Waals surface area contributed by atoms with Gasteiger partial charge in [0.1, 0.15) is 5.82 Å². The standard InChI is InChI=1S/C14H11BrClFN2O/c1-7-5-9(15)11(17)6-12(7)19-14(20)8-3-2-4-10(16)13(8)18/h2-6H,18H2,1H3,(H,19,20). The summed E-state index contributed by atoms with van der Waals surface area (Å²) in [5, 5.41) is 2.93. The number of para-hydroxylation sites is 1. The first-order valence-electron chi connectivity index (χ1n) is 5.71. The average molecular weight is 358 g/mol. The maximum Gasteiger partial charge on any atom is 0.257 e. The molecule has 0 aliphatic heterocycles. The largest absolute Gasteiger partial charge is 0.397 e. The Bertz CT molecular complexity index is 691. The maximum absolute atomic E-state index is 13.5. The fourth-order valence-electron chi connectivity index (χ4n) is 1.71. The number of carbonyl (C=O) groups is 1. The lowest BCUT2D eigenvalue weighted by Crippen LogP contribution is -2.15. The third-order valence-electron chi connectivity index (χ3n) is 2.81. The van der Waals surface area contributed by atoms with E-state index in [9.17, 15) is 9.18 Å². The first-order valence-corrected chi connectivity index (χ1v) is 6.88. The van der Waals surface area contributed by atoms with Crippen molar-refractivity contribution in [1.82, 2.24) is 0 Å². The molecule has 2 aromatic rings. The van der Waals surface area contributed by atoms with Crippen molar-refractivity contribution in [2.45, 2.75) is 6.92 Å². The molecule has 2 rings (SSSR count). The molecule has 0 radical (unpaired) electrons. The van der Waals surface area contributed by atoms with Crippen molar-refractivity contribution < 1.29 is 9.18 Å². The van der Waals surface area contributed by atoms with Crippen LogP contribution in [0, 0.1) is 12.7 Å². The summed E-state index contributed by atoms with van der Waals surface area (Å²) in [6, 6.07) is 7.62. The van der Waals surface area contributed by atoms with Crippen LogP contribution in [0.25, 0.3) is 0 Å². The molecule has 0 spiro atoms. The van der Waals surface area contributed by atoms with Crippen LogP contribution in [0.1, 0.15) is 15.9 Å². The highest BCUT2D eigenvalue weighted by Gasteiger charge is 2.14. The number of rotatable bonds is 2. The van der Waals surface area contributed by atoms with Crippen LogP contribution in [0.5, 0.6) is 0 Å². The summed E-state index contributed by atoms with van der Waals surface area (Å²) in [6.45, 7) is 1.77. The lowest BCUT2D eigenvalue weighted by Gasteiger charge is -2.11. The fourth-order valence-corrected chi connectivity index (χ4v) is 2.34. The number of aryl methyl sites for hydroxylation is 1. The van der Waals surface area contributed by atoms with Crippen LogP contribution >= 0.6 is 27.5 Å². The van der Waals surface area contributed by atoms with Crippen LogP contribution in [0.3, 0.4) is 0 Å². The second-order valence-corrected chi connectivity index (χ2v) is 5.50. The Kier molecular flexibility index (Phi) is 4.30. The van der Waals surface area contributed by atoms with Crippen molar-refractivity contribution in [3.8, 4) is 0 Å². The van der Waals surface area contributed by atoms with Gasteiger partial charge < -0.3 is 11.1 Å². The third kappa shape index (κ3) is 2.94. The smallest absolute Gasteiger partial charge is 0.257 e. The van der Waals surface area contributed by atoms with Crippen molar-refractivity contribution in [3.05, 3.63) is 56.8 Å². The molecule has 0 bridgehead atoms. The molecule has 0 aromatic heterocycles. The average Bonchev–Trinajstić information content (AvgIpc) is 2.39. The number of amides is 1. The van der Waals surface area contributed by atoms with Crippen LogP contribution in [-0.4, -0.2) is 5.91 Å². The minimum atomic E-state index is -0.454. The normalized spacial score (nSPS) is 10.4. The summed E-state index contributed by atoms with van der Waals surface area (Å²) in [4.78, 5) is 12.2. The van der Waals surface area contributed by atoms with Gasteiger partial charge in [-0.1, -0.05) is 17.7 Å². The summed E-state index contributed by atoms with van der Waals surface area (Å²) in [5.41, 5.74) is 7.31. The predicted octanol–water partition coefficient (Wildman–Crippen LogP) is 4.38. The van der Waals surface area contributed by atoms with Crippen molar-refractivity contribution in [2.24, 2.45) is 0 Å². The maximum atomic E-state index is 13.5. The van der Waals surface area contributed by atoms with Crippen LogP contribution in [0.4, 0.5) is 15.8 Å².